The third kappa shape index (κ3) is 4.58. The highest BCUT2D eigenvalue weighted by molar-refractivity contribution is 6.35. The molecule has 0 unspecified atom stereocenters. The molecule has 6 nitrogen and oxygen atoms in total. The van der Waals surface area contributed by atoms with Crippen LogP contribution in [0.4, 0.5) is 13.2 Å². The van der Waals surface area contributed by atoms with Gasteiger partial charge < -0.3 is 14.6 Å². The summed E-state index contributed by atoms with van der Waals surface area (Å²) in [6, 6.07) is 10.3. The molecule has 0 bridgehead atoms. The molecule has 0 radical (unpaired) electrons. The minimum atomic E-state index is -5.18. The van der Waals surface area contributed by atoms with Gasteiger partial charge in [-0.15, -0.1) is 0 Å². The number of hydrazone groups is 1. The molecule has 1 heterocycles. The molecule has 11 heteroatoms. The van der Waals surface area contributed by atoms with E-state index in [4.69, 9.17) is 32.7 Å². The average molecular weight is 477 g/mol. The summed E-state index contributed by atoms with van der Waals surface area (Å²) < 4.78 is 51.8. The Morgan fingerprint density at radius 1 is 1.26 bits per heavy atom. The first kappa shape index (κ1) is 23.2. The maximum Gasteiger partial charge on any atom is 0.438 e. The van der Waals surface area contributed by atoms with Crippen LogP contribution in [0.5, 0.6) is 11.5 Å². The normalized spacial score (nSPS) is 19.7. The van der Waals surface area contributed by atoms with E-state index >= 15 is 0 Å². The van der Waals surface area contributed by atoms with Crippen molar-refractivity contribution in [3.63, 3.8) is 0 Å². The third-order valence-electron chi connectivity index (χ3n) is 4.60. The highest BCUT2D eigenvalue weighted by atomic mass is 35.5. The van der Waals surface area contributed by atoms with Gasteiger partial charge in [-0.05, 0) is 37.3 Å². The van der Waals surface area contributed by atoms with Gasteiger partial charge in [0, 0.05) is 10.6 Å². The first-order valence-corrected chi connectivity index (χ1v) is 9.68. The minimum absolute atomic E-state index is 0.0102. The van der Waals surface area contributed by atoms with Crippen molar-refractivity contribution in [3.8, 4) is 11.5 Å². The lowest BCUT2D eigenvalue weighted by molar-refractivity contribution is -0.303. The van der Waals surface area contributed by atoms with E-state index in [1.807, 2.05) is 0 Å². The molecule has 1 aliphatic heterocycles. The van der Waals surface area contributed by atoms with E-state index in [-0.39, 0.29) is 27.1 Å². The number of carbonyl (C=O) groups excluding carboxylic acids is 1. The largest absolute Gasteiger partial charge is 0.497 e. The molecule has 31 heavy (non-hydrogen) atoms. The number of alkyl halides is 3. The quantitative estimate of drug-likeness (QED) is 0.681. The Morgan fingerprint density at radius 2 is 1.97 bits per heavy atom. The van der Waals surface area contributed by atoms with E-state index < -0.39 is 30.3 Å². The van der Waals surface area contributed by atoms with Gasteiger partial charge in [-0.1, -0.05) is 35.3 Å². The molecule has 2 aromatic carbocycles. The molecule has 0 saturated carbocycles. The Morgan fingerprint density at radius 3 is 2.58 bits per heavy atom. The summed E-state index contributed by atoms with van der Waals surface area (Å²) in [5.74, 6) is -0.781. The van der Waals surface area contributed by atoms with Gasteiger partial charge in [-0.25, -0.2) is 0 Å². The number of methoxy groups -OCH3 is 1. The molecular formula is C20H17Cl2F3N2O4. The zero-order valence-corrected chi connectivity index (χ0v) is 17.8. The number of carbonyl (C=O) groups is 1. The number of rotatable bonds is 5. The Bertz CT molecular complexity index is 1030. The van der Waals surface area contributed by atoms with Crippen LogP contribution in [0.1, 0.15) is 18.9 Å². The summed E-state index contributed by atoms with van der Waals surface area (Å²) in [7, 11) is 1.40. The number of amides is 1. The van der Waals surface area contributed by atoms with E-state index in [2.05, 4.69) is 5.10 Å². The fourth-order valence-corrected chi connectivity index (χ4v) is 3.40. The highest BCUT2D eigenvalue weighted by Gasteiger charge is 2.63. The number of hydrogen-bond donors (Lipinski definition) is 1. The summed E-state index contributed by atoms with van der Waals surface area (Å²) in [6.45, 7) is 1.23. The smallest absolute Gasteiger partial charge is 0.438 e. The van der Waals surface area contributed by atoms with Crippen molar-refractivity contribution in [2.24, 2.45) is 5.10 Å². The van der Waals surface area contributed by atoms with Gasteiger partial charge in [0.15, 0.2) is 6.10 Å². The zero-order chi connectivity index (χ0) is 23.0. The van der Waals surface area contributed by atoms with Crippen molar-refractivity contribution >= 4 is 34.8 Å². The minimum Gasteiger partial charge on any atom is -0.497 e. The summed E-state index contributed by atoms with van der Waals surface area (Å²) in [4.78, 5) is 12.8. The van der Waals surface area contributed by atoms with E-state index in [1.165, 1.54) is 44.4 Å². The van der Waals surface area contributed by atoms with Crippen molar-refractivity contribution in [3.05, 3.63) is 58.1 Å². The number of ether oxygens (including phenoxy) is 2. The second kappa shape index (κ2) is 8.57. The SMILES string of the molecule is COc1cccc(C2=NN(C(=O)[C@@H](C)Oc3ccc(Cl)cc3Cl)[C@](O)(C(F)(F)F)C2)c1. The standard InChI is InChI=1S/C20H17Cl2F3N2O4/c1-11(31-17-7-6-13(21)9-15(17)22)18(28)27-19(29,20(23,24)25)10-16(26-27)12-4-3-5-14(8-12)30-2/h3-9,11,29H,10H2,1-2H3/t11-,19-/m1/s1. The second-order valence-corrected chi connectivity index (χ2v) is 7.60. The van der Waals surface area contributed by atoms with E-state index in [9.17, 15) is 23.1 Å². The number of hydrogen-bond acceptors (Lipinski definition) is 5. The van der Waals surface area contributed by atoms with Crippen LogP contribution in [-0.2, 0) is 4.79 Å². The van der Waals surface area contributed by atoms with Gasteiger partial charge in [0.1, 0.15) is 11.5 Å². The number of nitrogens with zero attached hydrogens (tertiary/aromatic N) is 2. The van der Waals surface area contributed by atoms with Crippen LogP contribution in [0.25, 0.3) is 0 Å². The van der Waals surface area contributed by atoms with Crippen molar-refractivity contribution in [1.29, 1.82) is 0 Å². The summed E-state index contributed by atoms with van der Waals surface area (Å²) in [6.07, 6.45) is -7.57. The van der Waals surface area contributed by atoms with Crippen LogP contribution in [0.2, 0.25) is 10.0 Å². The molecule has 1 N–H and O–H groups in total. The molecule has 0 fully saturated rings. The molecule has 0 spiro atoms. The third-order valence-corrected chi connectivity index (χ3v) is 5.13. The van der Waals surface area contributed by atoms with Gasteiger partial charge in [0.05, 0.1) is 24.3 Å². The van der Waals surface area contributed by atoms with E-state index in [0.717, 1.165) is 0 Å². The van der Waals surface area contributed by atoms with Crippen LogP contribution >= 0.6 is 23.2 Å². The number of benzene rings is 2. The molecule has 1 aliphatic rings. The number of aliphatic hydroxyl groups is 1. The van der Waals surface area contributed by atoms with Gasteiger partial charge in [-0.2, -0.15) is 23.3 Å². The lowest BCUT2D eigenvalue weighted by Crippen LogP contribution is -2.58. The fraction of sp³-hybridized carbons (Fsp3) is 0.300. The lowest BCUT2D eigenvalue weighted by Gasteiger charge is -2.33. The van der Waals surface area contributed by atoms with Gasteiger partial charge >= 0.3 is 6.18 Å². The van der Waals surface area contributed by atoms with Crippen LogP contribution in [0, 0.1) is 0 Å². The molecule has 1 amide bonds. The van der Waals surface area contributed by atoms with Crippen LogP contribution < -0.4 is 9.47 Å². The van der Waals surface area contributed by atoms with Crippen LogP contribution in [-0.4, -0.2) is 46.8 Å². The molecule has 3 rings (SSSR count). The zero-order valence-electron chi connectivity index (χ0n) is 16.3. The van der Waals surface area contributed by atoms with Crippen molar-refractivity contribution in [2.75, 3.05) is 7.11 Å². The molecule has 0 saturated heterocycles. The monoisotopic (exact) mass is 476 g/mol. The Labute approximate surface area is 185 Å². The Balaban J connectivity index is 1.93. The molecular weight excluding hydrogens is 460 g/mol. The first-order chi connectivity index (χ1) is 14.5. The van der Waals surface area contributed by atoms with Crippen molar-refractivity contribution < 1.29 is 32.5 Å². The van der Waals surface area contributed by atoms with Crippen molar-refractivity contribution in [1.82, 2.24) is 5.01 Å². The lowest BCUT2D eigenvalue weighted by atomic mass is 10.0. The second-order valence-electron chi connectivity index (χ2n) is 6.75. The number of halogens is 5. The summed E-state index contributed by atoms with van der Waals surface area (Å²) >= 11 is 11.8. The molecule has 2 aromatic rings. The maximum atomic E-state index is 13.8. The van der Waals surface area contributed by atoms with Gasteiger partial charge in [-0.3, -0.25) is 4.79 Å². The first-order valence-electron chi connectivity index (χ1n) is 8.93. The topological polar surface area (TPSA) is 71.4 Å². The molecule has 0 aromatic heterocycles. The Hall–Kier alpha value is -2.49. The maximum absolute atomic E-state index is 13.8. The Kier molecular flexibility index (Phi) is 6.40. The fourth-order valence-electron chi connectivity index (χ4n) is 2.95. The average Bonchev–Trinajstić information content (AvgIpc) is 3.08. The van der Waals surface area contributed by atoms with Gasteiger partial charge in [0.25, 0.3) is 11.6 Å². The molecule has 0 aliphatic carbocycles. The van der Waals surface area contributed by atoms with Crippen LogP contribution in [0.15, 0.2) is 47.6 Å². The highest BCUT2D eigenvalue weighted by Crippen LogP contribution is 2.42. The predicted molar refractivity (Wildman–Crippen MR) is 109 cm³/mol. The summed E-state index contributed by atoms with van der Waals surface area (Å²) in [5.41, 5.74) is -3.40. The predicted octanol–water partition coefficient (Wildman–Crippen LogP) is 4.66. The van der Waals surface area contributed by atoms with E-state index in [0.29, 0.717) is 10.8 Å². The van der Waals surface area contributed by atoms with Crippen LogP contribution in [0.3, 0.4) is 0 Å². The molecule has 166 valence electrons. The van der Waals surface area contributed by atoms with E-state index in [1.54, 1.807) is 12.1 Å². The molecule has 2 atom stereocenters. The van der Waals surface area contributed by atoms with Gasteiger partial charge in [0.2, 0.25) is 0 Å². The summed E-state index contributed by atoms with van der Waals surface area (Å²) in [5, 5.41) is 14.6. The van der Waals surface area contributed by atoms with Crippen molar-refractivity contribution in [2.45, 2.75) is 31.3 Å².